The van der Waals surface area contributed by atoms with Crippen molar-refractivity contribution in [2.45, 2.75) is 31.4 Å². The average molecular weight is 420 g/mol. The lowest BCUT2D eigenvalue weighted by Crippen LogP contribution is -2.37. The van der Waals surface area contributed by atoms with Gasteiger partial charge in [0.2, 0.25) is 0 Å². The average Bonchev–Trinajstić information content (AvgIpc) is 3.07. The monoisotopic (exact) mass is 419 g/mol. The number of nitrogens with zero attached hydrogens (tertiary/aromatic N) is 2. The van der Waals surface area contributed by atoms with E-state index >= 15 is 0 Å². The Labute approximate surface area is 174 Å². The molecule has 148 valence electrons. The number of fused-ring (bicyclic) bond motifs is 1. The van der Waals surface area contributed by atoms with Crippen LogP contribution in [0.2, 0.25) is 10.0 Å². The standard InChI is InChI=1S/C21H23Cl2N3O2/c22-17-4-3-16(11-18(17)23)28-13-21(27)6-1-8-26(9-7-21)12-15-2-5-19-20(10-15)25-14-24-19/h2-5,10-11,14,27H,1,6-9,12-13H2,(H,24,25). The van der Waals surface area contributed by atoms with E-state index in [2.05, 4.69) is 27.0 Å². The van der Waals surface area contributed by atoms with Gasteiger partial charge < -0.3 is 14.8 Å². The maximum atomic E-state index is 11.0. The highest BCUT2D eigenvalue weighted by molar-refractivity contribution is 6.42. The lowest BCUT2D eigenvalue weighted by atomic mass is 9.96. The Morgan fingerprint density at radius 1 is 1.11 bits per heavy atom. The fourth-order valence-electron chi connectivity index (χ4n) is 3.66. The summed E-state index contributed by atoms with van der Waals surface area (Å²) in [6.07, 6.45) is 4.02. The molecule has 1 unspecified atom stereocenters. The molecule has 2 aromatic carbocycles. The number of rotatable bonds is 5. The summed E-state index contributed by atoms with van der Waals surface area (Å²) < 4.78 is 5.81. The number of benzene rings is 2. The second-order valence-electron chi connectivity index (χ2n) is 7.47. The van der Waals surface area contributed by atoms with E-state index in [0.29, 0.717) is 28.6 Å². The lowest BCUT2D eigenvalue weighted by molar-refractivity contribution is -0.0168. The second kappa shape index (κ2) is 8.29. The minimum Gasteiger partial charge on any atom is -0.491 e. The van der Waals surface area contributed by atoms with Gasteiger partial charge in [0.1, 0.15) is 12.4 Å². The summed E-state index contributed by atoms with van der Waals surface area (Å²) in [5, 5.41) is 12.0. The van der Waals surface area contributed by atoms with Crippen LogP contribution in [0.3, 0.4) is 0 Å². The molecule has 1 saturated heterocycles. The number of hydrogen-bond acceptors (Lipinski definition) is 4. The number of halogens is 2. The van der Waals surface area contributed by atoms with E-state index in [0.717, 1.165) is 37.1 Å². The van der Waals surface area contributed by atoms with E-state index in [1.54, 1.807) is 24.5 Å². The predicted octanol–water partition coefficient (Wildman–Crippen LogP) is 4.67. The minimum absolute atomic E-state index is 0.249. The van der Waals surface area contributed by atoms with Crippen LogP contribution in [0.25, 0.3) is 11.0 Å². The smallest absolute Gasteiger partial charge is 0.121 e. The Morgan fingerprint density at radius 2 is 2.00 bits per heavy atom. The van der Waals surface area contributed by atoms with Gasteiger partial charge in [-0.25, -0.2) is 4.98 Å². The van der Waals surface area contributed by atoms with Gasteiger partial charge in [-0.05, 0) is 55.6 Å². The first-order valence-electron chi connectivity index (χ1n) is 9.45. The van der Waals surface area contributed by atoms with Crippen LogP contribution in [0, 0.1) is 0 Å². The molecule has 1 aliphatic rings. The van der Waals surface area contributed by atoms with E-state index in [9.17, 15) is 5.11 Å². The number of aromatic amines is 1. The highest BCUT2D eigenvalue weighted by Gasteiger charge is 2.31. The lowest BCUT2D eigenvalue weighted by Gasteiger charge is -2.27. The molecule has 1 aromatic heterocycles. The molecule has 7 heteroatoms. The van der Waals surface area contributed by atoms with Gasteiger partial charge in [0.05, 0.1) is 33.0 Å². The van der Waals surface area contributed by atoms with Gasteiger partial charge in [0.15, 0.2) is 0 Å². The molecular formula is C21H23Cl2N3O2. The number of H-pyrrole nitrogens is 1. The van der Waals surface area contributed by atoms with Gasteiger partial charge in [-0.3, -0.25) is 4.90 Å². The van der Waals surface area contributed by atoms with Gasteiger partial charge >= 0.3 is 0 Å². The first kappa shape index (κ1) is 19.5. The zero-order valence-electron chi connectivity index (χ0n) is 15.5. The maximum Gasteiger partial charge on any atom is 0.121 e. The summed E-state index contributed by atoms with van der Waals surface area (Å²) >= 11 is 12.0. The van der Waals surface area contributed by atoms with Crippen LogP contribution in [0.4, 0.5) is 0 Å². The Kier molecular flexibility index (Phi) is 5.78. The second-order valence-corrected chi connectivity index (χ2v) is 8.29. The number of nitrogens with one attached hydrogen (secondary N) is 1. The number of aliphatic hydroxyl groups is 1. The van der Waals surface area contributed by atoms with E-state index in [-0.39, 0.29) is 6.61 Å². The van der Waals surface area contributed by atoms with Gasteiger partial charge in [0.25, 0.3) is 0 Å². The van der Waals surface area contributed by atoms with Crippen LogP contribution in [0.5, 0.6) is 5.75 Å². The molecule has 0 saturated carbocycles. The van der Waals surface area contributed by atoms with Crippen LogP contribution in [-0.2, 0) is 6.54 Å². The third kappa shape index (κ3) is 4.61. The predicted molar refractivity (Wildman–Crippen MR) is 112 cm³/mol. The fourth-order valence-corrected chi connectivity index (χ4v) is 3.95. The summed E-state index contributed by atoms with van der Waals surface area (Å²) in [4.78, 5) is 9.81. The number of ether oxygens (including phenoxy) is 1. The third-order valence-corrected chi connectivity index (χ3v) is 6.04. The van der Waals surface area contributed by atoms with Crippen molar-refractivity contribution in [2.75, 3.05) is 19.7 Å². The Morgan fingerprint density at radius 3 is 2.86 bits per heavy atom. The summed E-state index contributed by atoms with van der Waals surface area (Å²) in [7, 11) is 0. The molecule has 0 aliphatic carbocycles. The highest BCUT2D eigenvalue weighted by Crippen LogP contribution is 2.29. The highest BCUT2D eigenvalue weighted by atomic mass is 35.5. The number of aromatic nitrogens is 2. The van der Waals surface area contributed by atoms with Crippen molar-refractivity contribution in [3.63, 3.8) is 0 Å². The molecule has 0 spiro atoms. The summed E-state index contributed by atoms with van der Waals surface area (Å²) in [6.45, 7) is 2.88. The van der Waals surface area contributed by atoms with E-state index in [1.165, 1.54) is 5.56 Å². The van der Waals surface area contributed by atoms with E-state index in [4.69, 9.17) is 27.9 Å². The van der Waals surface area contributed by atoms with Crippen molar-refractivity contribution in [2.24, 2.45) is 0 Å². The first-order chi connectivity index (χ1) is 13.5. The summed E-state index contributed by atoms with van der Waals surface area (Å²) in [6, 6.07) is 11.5. The minimum atomic E-state index is -0.839. The quantitative estimate of drug-likeness (QED) is 0.630. The van der Waals surface area contributed by atoms with Crippen LogP contribution in [0.15, 0.2) is 42.7 Å². The first-order valence-corrected chi connectivity index (χ1v) is 10.2. The van der Waals surface area contributed by atoms with Gasteiger partial charge in [-0.15, -0.1) is 0 Å². The van der Waals surface area contributed by atoms with Crippen LogP contribution in [0.1, 0.15) is 24.8 Å². The molecule has 28 heavy (non-hydrogen) atoms. The van der Waals surface area contributed by atoms with E-state index < -0.39 is 5.60 Å². The molecule has 5 nitrogen and oxygen atoms in total. The van der Waals surface area contributed by atoms with Crippen molar-refractivity contribution in [1.29, 1.82) is 0 Å². The molecule has 2 N–H and O–H groups in total. The molecule has 0 amide bonds. The Hall–Kier alpha value is -1.79. The van der Waals surface area contributed by atoms with Gasteiger partial charge in [-0.1, -0.05) is 29.3 Å². The third-order valence-electron chi connectivity index (χ3n) is 5.30. The Bertz CT molecular complexity index is 962. The van der Waals surface area contributed by atoms with Crippen LogP contribution < -0.4 is 4.74 Å². The van der Waals surface area contributed by atoms with Crippen molar-refractivity contribution in [3.05, 3.63) is 58.3 Å². The molecule has 4 rings (SSSR count). The number of hydrogen-bond donors (Lipinski definition) is 2. The number of likely N-dealkylation sites (tertiary alicyclic amines) is 1. The zero-order chi connectivity index (χ0) is 19.6. The largest absolute Gasteiger partial charge is 0.491 e. The van der Waals surface area contributed by atoms with Gasteiger partial charge in [0, 0.05) is 19.2 Å². The fraction of sp³-hybridized carbons (Fsp3) is 0.381. The molecule has 0 radical (unpaired) electrons. The van der Waals surface area contributed by atoms with Crippen molar-refractivity contribution >= 4 is 34.2 Å². The van der Waals surface area contributed by atoms with Crippen molar-refractivity contribution in [1.82, 2.24) is 14.9 Å². The topological polar surface area (TPSA) is 61.4 Å². The van der Waals surface area contributed by atoms with E-state index in [1.807, 2.05) is 6.07 Å². The molecule has 1 fully saturated rings. The number of imidazole rings is 1. The molecular weight excluding hydrogens is 397 g/mol. The maximum absolute atomic E-state index is 11.0. The van der Waals surface area contributed by atoms with Crippen molar-refractivity contribution in [3.8, 4) is 5.75 Å². The molecule has 3 aromatic rings. The zero-order valence-corrected chi connectivity index (χ0v) is 17.0. The normalized spacial score (nSPS) is 21.0. The summed E-state index contributed by atoms with van der Waals surface area (Å²) in [5.41, 5.74) is 2.44. The molecule has 1 aliphatic heterocycles. The van der Waals surface area contributed by atoms with Crippen LogP contribution >= 0.6 is 23.2 Å². The summed E-state index contributed by atoms with van der Waals surface area (Å²) in [5.74, 6) is 0.622. The van der Waals surface area contributed by atoms with Gasteiger partial charge in [-0.2, -0.15) is 0 Å². The van der Waals surface area contributed by atoms with Crippen molar-refractivity contribution < 1.29 is 9.84 Å². The molecule has 2 heterocycles. The molecule has 0 bridgehead atoms. The molecule has 1 atom stereocenters. The SMILES string of the molecule is OC1(COc2ccc(Cl)c(Cl)c2)CCCN(Cc2ccc3nc[nH]c3c2)CC1. The Balaban J connectivity index is 1.34. The van der Waals surface area contributed by atoms with Crippen LogP contribution in [-0.4, -0.2) is 45.3 Å².